The SMILES string of the molecule is CCC/C=C\CC1(O)CCCCC1. The van der Waals surface area contributed by atoms with Crippen molar-refractivity contribution in [2.24, 2.45) is 0 Å². The van der Waals surface area contributed by atoms with Crippen molar-refractivity contribution in [3.05, 3.63) is 12.2 Å². The molecule has 76 valence electrons. The minimum Gasteiger partial charge on any atom is -0.390 e. The minimum absolute atomic E-state index is 0.359. The highest BCUT2D eigenvalue weighted by Gasteiger charge is 2.27. The second-order valence-electron chi connectivity index (χ2n) is 4.25. The second-order valence-corrected chi connectivity index (χ2v) is 4.25. The number of aliphatic hydroxyl groups is 1. The number of hydrogen-bond acceptors (Lipinski definition) is 1. The van der Waals surface area contributed by atoms with Crippen LogP contribution in [0.3, 0.4) is 0 Å². The van der Waals surface area contributed by atoms with E-state index in [1.165, 1.54) is 25.7 Å². The fraction of sp³-hybridized carbons (Fsp3) is 0.833. The molecule has 0 radical (unpaired) electrons. The third-order valence-corrected chi connectivity index (χ3v) is 2.90. The van der Waals surface area contributed by atoms with Gasteiger partial charge in [-0.25, -0.2) is 0 Å². The van der Waals surface area contributed by atoms with Crippen molar-refractivity contribution in [3.8, 4) is 0 Å². The smallest absolute Gasteiger partial charge is 0.0682 e. The van der Waals surface area contributed by atoms with E-state index >= 15 is 0 Å². The van der Waals surface area contributed by atoms with E-state index in [0.717, 1.165) is 25.7 Å². The third-order valence-electron chi connectivity index (χ3n) is 2.90. The molecule has 0 saturated heterocycles. The van der Waals surface area contributed by atoms with Gasteiger partial charge in [0.15, 0.2) is 0 Å². The molecule has 1 aliphatic rings. The lowest BCUT2D eigenvalue weighted by Crippen LogP contribution is -2.30. The van der Waals surface area contributed by atoms with Crippen molar-refractivity contribution >= 4 is 0 Å². The molecule has 1 fully saturated rings. The van der Waals surface area contributed by atoms with Crippen LogP contribution in [0.5, 0.6) is 0 Å². The molecule has 0 unspecified atom stereocenters. The van der Waals surface area contributed by atoms with Gasteiger partial charge in [0, 0.05) is 0 Å². The Labute approximate surface area is 81.9 Å². The monoisotopic (exact) mass is 182 g/mol. The zero-order valence-electron chi connectivity index (χ0n) is 8.76. The van der Waals surface area contributed by atoms with Crippen molar-refractivity contribution in [1.82, 2.24) is 0 Å². The normalized spacial score (nSPS) is 22.3. The van der Waals surface area contributed by atoms with E-state index in [9.17, 15) is 5.11 Å². The molecule has 0 aromatic heterocycles. The molecule has 0 aromatic rings. The van der Waals surface area contributed by atoms with Crippen LogP contribution in [0.4, 0.5) is 0 Å². The van der Waals surface area contributed by atoms with E-state index in [1.807, 2.05) is 0 Å². The summed E-state index contributed by atoms with van der Waals surface area (Å²) in [4.78, 5) is 0. The van der Waals surface area contributed by atoms with Crippen molar-refractivity contribution in [2.45, 2.75) is 63.9 Å². The zero-order chi connectivity index (χ0) is 9.57. The van der Waals surface area contributed by atoms with Gasteiger partial charge < -0.3 is 5.11 Å². The molecule has 1 N–H and O–H groups in total. The van der Waals surface area contributed by atoms with Crippen LogP contribution in [-0.2, 0) is 0 Å². The Bertz CT molecular complexity index is 155. The summed E-state index contributed by atoms with van der Waals surface area (Å²) in [5.74, 6) is 0. The molecule has 0 bridgehead atoms. The predicted molar refractivity (Wildman–Crippen MR) is 56.7 cm³/mol. The first kappa shape index (κ1) is 10.8. The van der Waals surface area contributed by atoms with Crippen LogP contribution in [0.2, 0.25) is 0 Å². The molecular formula is C12H22O. The van der Waals surface area contributed by atoms with Gasteiger partial charge in [0.25, 0.3) is 0 Å². The van der Waals surface area contributed by atoms with Crippen LogP contribution in [0.25, 0.3) is 0 Å². The van der Waals surface area contributed by atoms with Gasteiger partial charge in [-0.1, -0.05) is 44.8 Å². The number of allylic oxidation sites excluding steroid dienone is 1. The Hall–Kier alpha value is -0.300. The molecule has 1 saturated carbocycles. The Morgan fingerprint density at radius 1 is 1.15 bits per heavy atom. The van der Waals surface area contributed by atoms with E-state index in [0.29, 0.717) is 0 Å². The minimum atomic E-state index is -0.359. The Balaban J connectivity index is 2.24. The third kappa shape index (κ3) is 3.95. The van der Waals surface area contributed by atoms with E-state index in [1.54, 1.807) is 0 Å². The zero-order valence-corrected chi connectivity index (χ0v) is 8.76. The summed E-state index contributed by atoms with van der Waals surface area (Å²) >= 11 is 0. The molecule has 1 heteroatoms. The van der Waals surface area contributed by atoms with Gasteiger partial charge in [0.05, 0.1) is 5.60 Å². The van der Waals surface area contributed by atoms with E-state index in [2.05, 4.69) is 19.1 Å². The van der Waals surface area contributed by atoms with Crippen LogP contribution in [0.15, 0.2) is 12.2 Å². The summed E-state index contributed by atoms with van der Waals surface area (Å²) in [5, 5.41) is 10.1. The number of hydrogen-bond donors (Lipinski definition) is 1. The van der Waals surface area contributed by atoms with Gasteiger partial charge in [0.2, 0.25) is 0 Å². The van der Waals surface area contributed by atoms with Crippen LogP contribution in [0.1, 0.15) is 58.3 Å². The van der Waals surface area contributed by atoms with Gasteiger partial charge in [0.1, 0.15) is 0 Å². The Kier molecular flexibility index (Phi) is 4.51. The quantitative estimate of drug-likeness (QED) is 0.660. The van der Waals surface area contributed by atoms with Gasteiger partial charge in [-0.3, -0.25) is 0 Å². The highest BCUT2D eigenvalue weighted by molar-refractivity contribution is 4.92. The van der Waals surface area contributed by atoms with Crippen molar-refractivity contribution in [1.29, 1.82) is 0 Å². The Morgan fingerprint density at radius 3 is 2.46 bits per heavy atom. The molecule has 13 heavy (non-hydrogen) atoms. The maximum Gasteiger partial charge on any atom is 0.0682 e. The Morgan fingerprint density at radius 2 is 1.85 bits per heavy atom. The van der Waals surface area contributed by atoms with Crippen molar-refractivity contribution in [2.75, 3.05) is 0 Å². The van der Waals surface area contributed by atoms with Gasteiger partial charge in [-0.15, -0.1) is 0 Å². The largest absolute Gasteiger partial charge is 0.390 e. The summed E-state index contributed by atoms with van der Waals surface area (Å²) in [7, 11) is 0. The lowest BCUT2D eigenvalue weighted by atomic mass is 9.82. The fourth-order valence-corrected chi connectivity index (χ4v) is 2.00. The lowest BCUT2D eigenvalue weighted by Gasteiger charge is -2.30. The second kappa shape index (κ2) is 5.43. The molecule has 0 heterocycles. The van der Waals surface area contributed by atoms with Gasteiger partial charge in [-0.05, 0) is 25.7 Å². The molecule has 0 amide bonds. The molecular weight excluding hydrogens is 160 g/mol. The van der Waals surface area contributed by atoms with Crippen LogP contribution in [-0.4, -0.2) is 10.7 Å². The van der Waals surface area contributed by atoms with Gasteiger partial charge in [-0.2, -0.15) is 0 Å². The van der Waals surface area contributed by atoms with E-state index < -0.39 is 0 Å². The average Bonchev–Trinajstić information content (AvgIpc) is 2.14. The first-order chi connectivity index (χ1) is 6.27. The topological polar surface area (TPSA) is 20.2 Å². The average molecular weight is 182 g/mol. The van der Waals surface area contributed by atoms with Crippen LogP contribution >= 0.6 is 0 Å². The van der Waals surface area contributed by atoms with Crippen molar-refractivity contribution in [3.63, 3.8) is 0 Å². The highest BCUT2D eigenvalue weighted by atomic mass is 16.3. The highest BCUT2D eigenvalue weighted by Crippen LogP contribution is 2.30. The van der Waals surface area contributed by atoms with E-state index in [4.69, 9.17) is 0 Å². The fourth-order valence-electron chi connectivity index (χ4n) is 2.00. The molecule has 0 spiro atoms. The maximum atomic E-state index is 10.1. The molecule has 0 aromatic carbocycles. The number of unbranched alkanes of at least 4 members (excludes halogenated alkanes) is 1. The molecule has 1 aliphatic carbocycles. The molecule has 1 nitrogen and oxygen atoms in total. The summed E-state index contributed by atoms with van der Waals surface area (Å²) in [5.41, 5.74) is -0.359. The summed E-state index contributed by atoms with van der Waals surface area (Å²) in [6.07, 6.45) is 13.3. The van der Waals surface area contributed by atoms with Crippen LogP contribution in [0, 0.1) is 0 Å². The number of rotatable bonds is 4. The summed E-state index contributed by atoms with van der Waals surface area (Å²) < 4.78 is 0. The first-order valence-corrected chi connectivity index (χ1v) is 5.64. The van der Waals surface area contributed by atoms with E-state index in [-0.39, 0.29) is 5.60 Å². The molecule has 1 rings (SSSR count). The van der Waals surface area contributed by atoms with Crippen molar-refractivity contribution < 1.29 is 5.11 Å². The molecule has 0 atom stereocenters. The summed E-state index contributed by atoms with van der Waals surface area (Å²) in [6, 6.07) is 0. The lowest BCUT2D eigenvalue weighted by molar-refractivity contribution is 0.00690. The van der Waals surface area contributed by atoms with Gasteiger partial charge >= 0.3 is 0 Å². The van der Waals surface area contributed by atoms with Crippen LogP contribution < -0.4 is 0 Å². The first-order valence-electron chi connectivity index (χ1n) is 5.64. The standard InChI is InChI=1S/C12H22O/c1-2-3-4-6-9-12(13)10-7-5-8-11-12/h4,6,13H,2-3,5,7-11H2,1H3/b6-4-. The predicted octanol–water partition coefficient (Wildman–Crippen LogP) is 3.43. The molecule has 0 aliphatic heterocycles. The maximum absolute atomic E-state index is 10.1. The summed E-state index contributed by atoms with van der Waals surface area (Å²) in [6.45, 7) is 2.18.